The molecule has 2 rings (SSSR count). The van der Waals surface area contributed by atoms with Crippen molar-refractivity contribution in [3.05, 3.63) is 29.8 Å². The van der Waals surface area contributed by atoms with Crippen molar-refractivity contribution >= 4 is 29.7 Å². The summed E-state index contributed by atoms with van der Waals surface area (Å²) >= 11 is -0.334. The molecule has 1 aromatic carbocycles. The Morgan fingerprint density at radius 2 is 1.87 bits per heavy atom. The lowest BCUT2D eigenvalue weighted by Gasteiger charge is -2.31. The molecule has 2 N–H and O–H groups in total. The van der Waals surface area contributed by atoms with Crippen LogP contribution in [0.3, 0.4) is 0 Å². The fourth-order valence-electron chi connectivity index (χ4n) is 3.13. The summed E-state index contributed by atoms with van der Waals surface area (Å²) in [5.41, 5.74) is -4.54. The van der Waals surface area contributed by atoms with E-state index >= 15 is 0 Å². The topological polar surface area (TPSA) is 87.7 Å². The van der Waals surface area contributed by atoms with Gasteiger partial charge in [0.05, 0.1) is 12.2 Å². The normalized spacial score (nSPS) is 14.8. The minimum Gasteiger partial charge on any atom is -0.450 e. The first-order valence-electron chi connectivity index (χ1n) is 10.0. The highest BCUT2D eigenvalue weighted by atomic mass is 32.2. The van der Waals surface area contributed by atoms with E-state index in [2.05, 4.69) is 10.6 Å². The molecule has 172 valence electrons. The van der Waals surface area contributed by atoms with Gasteiger partial charge in [0, 0.05) is 37.0 Å². The molecular weight excluding hydrogens is 435 g/mol. The van der Waals surface area contributed by atoms with E-state index < -0.39 is 11.4 Å². The number of carbonyl (C=O) groups is 3. The summed E-state index contributed by atoms with van der Waals surface area (Å²) in [5.74, 6) is -0.782. The van der Waals surface area contributed by atoms with Crippen molar-refractivity contribution in [2.75, 3.05) is 26.2 Å². The number of nitrogens with zero attached hydrogens (tertiary/aromatic N) is 1. The summed E-state index contributed by atoms with van der Waals surface area (Å²) in [7, 11) is 0. The molecule has 1 aliphatic heterocycles. The van der Waals surface area contributed by atoms with Crippen LogP contribution < -0.4 is 10.6 Å². The molecule has 0 saturated carbocycles. The van der Waals surface area contributed by atoms with E-state index in [0.29, 0.717) is 39.0 Å². The number of halogens is 3. The van der Waals surface area contributed by atoms with Crippen molar-refractivity contribution in [3.8, 4) is 0 Å². The van der Waals surface area contributed by atoms with E-state index in [9.17, 15) is 27.6 Å². The molecule has 0 bridgehead atoms. The van der Waals surface area contributed by atoms with Gasteiger partial charge >= 0.3 is 11.6 Å². The molecule has 1 heterocycles. The number of ether oxygens (including phenoxy) is 1. The molecule has 0 spiro atoms. The third-order valence-corrected chi connectivity index (χ3v) is 5.42. The van der Waals surface area contributed by atoms with E-state index in [4.69, 9.17) is 4.74 Å². The van der Waals surface area contributed by atoms with Crippen LogP contribution >= 0.6 is 11.8 Å². The van der Waals surface area contributed by atoms with Gasteiger partial charge in [-0.15, -0.1) is 0 Å². The number of nitrogens with one attached hydrogen (secondary N) is 2. The molecule has 3 amide bonds. The molecule has 31 heavy (non-hydrogen) atoms. The number of thioether (sulfide) groups is 1. The van der Waals surface area contributed by atoms with E-state index in [-0.39, 0.29) is 53.2 Å². The molecule has 0 aromatic heterocycles. The molecule has 0 aliphatic carbocycles. The van der Waals surface area contributed by atoms with Crippen molar-refractivity contribution in [1.82, 2.24) is 15.5 Å². The quantitative estimate of drug-likeness (QED) is 0.457. The van der Waals surface area contributed by atoms with Gasteiger partial charge in [-0.3, -0.25) is 9.59 Å². The van der Waals surface area contributed by atoms with Crippen LogP contribution in [0.15, 0.2) is 29.2 Å². The fourth-order valence-corrected chi connectivity index (χ4v) is 3.80. The maximum Gasteiger partial charge on any atom is 0.446 e. The predicted molar refractivity (Wildman–Crippen MR) is 110 cm³/mol. The highest BCUT2D eigenvalue weighted by Crippen LogP contribution is 2.38. The SMILES string of the molecule is CCOC(=O)N1CCC(NC(=O)CCCNC(=O)c2ccccc2SC(F)(F)F)CC1. The number of hydrogen-bond acceptors (Lipinski definition) is 5. The standard InChI is InChI=1S/C20H26F3N3O4S/c1-2-30-19(29)26-12-9-14(10-13-26)25-17(27)8-5-11-24-18(28)15-6-3-4-7-16(15)31-20(21,22)23/h3-4,6-7,14H,2,5,8-13H2,1H3,(H,24,28)(H,25,27). The first kappa shape index (κ1) is 24.8. The van der Waals surface area contributed by atoms with E-state index in [1.165, 1.54) is 24.3 Å². The van der Waals surface area contributed by atoms with Gasteiger partial charge in [-0.25, -0.2) is 4.79 Å². The van der Waals surface area contributed by atoms with Crippen LogP contribution in [0, 0.1) is 0 Å². The molecule has 11 heteroatoms. The zero-order chi connectivity index (χ0) is 22.9. The highest BCUT2D eigenvalue weighted by Gasteiger charge is 2.31. The number of carbonyl (C=O) groups excluding carboxylic acids is 3. The first-order valence-corrected chi connectivity index (χ1v) is 10.8. The second kappa shape index (κ2) is 11.8. The summed E-state index contributed by atoms with van der Waals surface area (Å²) in [6.45, 7) is 3.25. The largest absolute Gasteiger partial charge is 0.450 e. The summed E-state index contributed by atoms with van der Waals surface area (Å²) in [5, 5.41) is 5.46. The summed E-state index contributed by atoms with van der Waals surface area (Å²) in [6, 6.07) is 5.48. The van der Waals surface area contributed by atoms with Crippen LogP contribution in [-0.2, 0) is 9.53 Å². The number of piperidine rings is 1. The Balaban J connectivity index is 1.68. The second-order valence-electron chi connectivity index (χ2n) is 6.93. The maximum atomic E-state index is 12.6. The summed E-state index contributed by atoms with van der Waals surface area (Å²) in [6.07, 6.45) is 1.45. The number of alkyl halides is 3. The van der Waals surface area contributed by atoms with Crippen molar-refractivity contribution in [1.29, 1.82) is 0 Å². The molecule has 7 nitrogen and oxygen atoms in total. The van der Waals surface area contributed by atoms with E-state index in [0.717, 1.165) is 0 Å². The van der Waals surface area contributed by atoms with Gasteiger partial charge in [-0.1, -0.05) is 12.1 Å². The summed E-state index contributed by atoms with van der Waals surface area (Å²) < 4.78 is 42.8. The molecule has 0 atom stereocenters. The summed E-state index contributed by atoms with van der Waals surface area (Å²) in [4.78, 5) is 37.4. The van der Waals surface area contributed by atoms with Gasteiger partial charge in [0.15, 0.2) is 0 Å². The molecule has 1 fully saturated rings. The van der Waals surface area contributed by atoms with Crippen molar-refractivity contribution < 1.29 is 32.3 Å². The average molecular weight is 462 g/mol. The lowest BCUT2D eigenvalue weighted by atomic mass is 10.1. The van der Waals surface area contributed by atoms with Gasteiger partial charge in [0.1, 0.15) is 0 Å². The number of likely N-dealkylation sites (tertiary alicyclic amines) is 1. The Labute approximate surface area is 183 Å². The molecule has 0 radical (unpaired) electrons. The molecule has 1 aromatic rings. The van der Waals surface area contributed by atoms with Crippen LogP contribution in [0.25, 0.3) is 0 Å². The van der Waals surface area contributed by atoms with E-state index in [1.807, 2.05) is 0 Å². The number of benzene rings is 1. The smallest absolute Gasteiger partial charge is 0.446 e. The van der Waals surface area contributed by atoms with Gasteiger partial charge in [0.25, 0.3) is 5.91 Å². The van der Waals surface area contributed by atoms with Crippen LogP contribution in [0.1, 0.15) is 43.0 Å². The minimum absolute atomic E-state index is 0.0287. The Morgan fingerprint density at radius 3 is 2.52 bits per heavy atom. The monoisotopic (exact) mass is 461 g/mol. The van der Waals surface area contributed by atoms with Gasteiger partial charge < -0.3 is 20.3 Å². The lowest BCUT2D eigenvalue weighted by molar-refractivity contribution is -0.122. The maximum absolute atomic E-state index is 12.6. The number of rotatable bonds is 8. The molecule has 1 saturated heterocycles. The molecule has 1 aliphatic rings. The van der Waals surface area contributed by atoms with Crippen LogP contribution in [0.5, 0.6) is 0 Å². The van der Waals surface area contributed by atoms with E-state index in [1.54, 1.807) is 11.8 Å². The van der Waals surface area contributed by atoms with Crippen LogP contribution in [0.4, 0.5) is 18.0 Å². The zero-order valence-electron chi connectivity index (χ0n) is 17.2. The average Bonchev–Trinajstić information content (AvgIpc) is 2.71. The molecule has 0 unspecified atom stereocenters. The lowest BCUT2D eigenvalue weighted by Crippen LogP contribution is -2.46. The Kier molecular flexibility index (Phi) is 9.47. The Bertz CT molecular complexity index is 768. The van der Waals surface area contributed by atoms with Gasteiger partial charge in [-0.2, -0.15) is 13.2 Å². The van der Waals surface area contributed by atoms with Crippen molar-refractivity contribution in [3.63, 3.8) is 0 Å². The van der Waals surface area contributed by atoms with Gasteiger partial charge in [-0.05, 0) is 50.1 Å². The van der Waals surface area contributed by atoms with Crippen molar-refractivity contribution in [2.24, 2.45) is 0 Å². The number of amides is 3. The fraction of sp³-hybridized carbons (Fsp3) is 0.550. The Hall–Kier alpha value is -2.43. The third-order valence-electron chi connectivity index (χ3n) is 4.61. The minimum atomic E-state index is -4.49. The van der Waals surface area contributed by atoms with Crippen LogP contribution in [-0.4, -0.2) is 60.6 Å². The van der Waals surface area contributed by atoms with Crippen LogP contribution in [0.2, 0.25) is 0 Å². The third kappa shape index (κ3) is 8.68. The predicted octanol–water partition coefficient (Wildman–Crippen LogP) is 3.55. The highest BCUT2D eigenvalue weighted by molar-refractivity contribution is 8.00. The van der Waals surface area contributed by atoms with Crippen molar-refractivity contribution in [2.45, 2.75) is 49.1 Å². The second-order valence-corrected chi connectivity index (χ2v) is 8.04. The zero-order valence-corrected chi connectivity index (χ0v) is 18.0. The molecular formula is C20H26F3N3O4S. The first-order chi connectivity index (χ1) is 14.7. The number of hydrogen-bond donors (Lipinski definition) is 2. The Morgan fingerprint density at radius 1 is 1.19 bits per heavy atom. The van der Waals surface area contributed by atoms with Gasteiger partial charge in [0.2, 0.25) is 5.91 Å².